The molecule has 0 aliphatic carbocycles. The highest BCUT2D eigenvalue weighted by Gasteiger charge is 2.44. The third-order valence-electron chi connectivity index (χ3n) is 6.70. The SMILES string of the molecule is CC1CN2CC(Cc3ccccc3)NCC2C[C@@]1(C)c1cccc(O)c1. The summed E-state index contributed by atoms with van der Waals surface area (Å²) in [6, 6.07) is 19.8. The van der Waals surface area contributed by atoms with Crippen LogP contribution in [0.4, 0.5) is 0 Å². The van der Waals surface area contributed by atoms with Crippen molar-refractivity contribution in [3.8, 4) is 5.75 Å². The molecule has 0 radical (unpaired) electrons. The largest absolute Gasteiger partial charge is 0.508 e. The van der Waals surface area contributed by atoms with Crippen molar-refractivity contribution < 1.29 is 5.11 Å². The van der Waals surface area contributed by atoms with Crippen molar-refractivity contribution in [2.45, 2.75) is 44.2 Å². The first-order chi connectivity index (χ1) is 12.5. The second kappa shape index (κ2) is 7.05. The summed E-state index contributed by atoms with van der Waals surface area (Å²) < 4.78 is 0. The third kappa shape index (κ3) is 3.38. The van der Waals surface area contributed by atoms with Crippen LogP contribution in [-0.4, -0.2) is 41.7 Å². The van der Waals surface area contributed by atoms with Crippen LogP contribution in [0.5, 0.6) is 5.75 Å². The molecule has 2 aliphatic heterocycles. The second-order valence-corrected chi connectivity index (χ2v) is 8.48. The van der Waals surface area contributed by atoms with Gasteiger partial charge in [0.25, 0.3) is 0 Å². The van der Waals surface area contributed by atoms with E-state index in [4.69, 9.17) is 0 Å². The molecular formula is C23H30N2O. The molecule has 3 unspecified atom stereocenters. The summed E-state index contributed by atoms with van der Waals surface area (Å²) in [5.74, 6) is 0.944. The van der Waals surface area contributed by atoms with E-state index in [0.29, 0.717) is 23.8 Å². The Bertz CT molecular complexity index is 747. The van der Waals surface area contributed by atoms with Gasteiger partial charge in [0, 0.05) is 31.7 Å². The summed E-state index contributed by atoms with van der Waals surface area (Å²) in [7, 11) is 0. The highest BCUT2D eigenvalue weighted by atomic mass is 16.3. The molecule has 4 rings (SSSR count). The smallest absolute Gasteiger partial charge is 0.115 e. The predicted octanol–water partition coefficient (Wildman–Crippen LogP) is 3.57. The molecule has 2 aliphatic rings. The van der Waals surface area contributed by atoms with Gasteiger partial charge in [0.2, 0.25) is 0 Å². The maximum absolute atomic E-state index is 9.93. The number of aromatic hydroxyl groups is 1. The first-order valence-corrected chi connectivity index (χ1v) is 9.85. The lowest BCUT2D eigenvalue weighted by Crippen LogP contribution is -2.63. The quantitative estimate of drug-likeness (QED) is 0.888. The van der Waals surface area contributed by atoms with Gasteiger partial charge in [-0.1, -0.05) is 56.3 Å². The highest BCUT2D eigenvalue weighted by molar-refractivity contribution is 5.34. The van der Waals surface area contributed by atoms with Crippen molar-refractivity contribution in [1.82, 2.24) is 10.2 Å². The molecule has 138 valence electrons. The van der Waals surface area contributed by atoms with Crippen LogP contribution < -0.4 is 5.32 Å². The van der Waals surface area contributed by atoms with Gasteiger partial charge in [-0.25, -0.2) is 0 Å². The minimum atomic E-state index is 0.119. The van der Waals surface area contributed by atoms with Crippen molar-refractivity contribution in [3.63, 3.8) is 0 Å². The standard InChI is InChI=1S/C23H30N2O/c1-17-15-25-16-20(11-18-7-4-3-5-8-18)24-14-21(25)13-23(17,2)19-9-6-10-22(26)12-19/h3-10,12,17,20-21,24,26H,11,13-16H2,1-2H3/t17?,20?,21?,23-/m1/s1. The predicted molar refractivity (Wildman–Crippen MR) is 107 cm³/mol. The van der Waals surface area contributed by atoms with E-state index in [1.807, 2.05) is 12.1 Å². The Morgan fingerprint density at radius 3 is 2.69 bits per heavy atom. The molecule has 2 N–H and O–H groups in total. The Morgan fingerprint density at radius 1 is 1.12 bits per heavy atom. The average molecular weight is 351 g/mol. The molecule has 26 heavy (non-hydrogen) atoms. The normalized spacial score (nSPS) is 32.2. The molecule has 3 heteroatoms. The number of benzene rings is 2. The van der Waals surface area contributed by atoms with Crippen molar-refractivity contribution in [3.05, 3.63) is 65.7 Å². The first kappa shape index (κ1) is 17.6. The molecule has 2 heterocycles. The van der Waals surface area contributed by atoms with E-state index in [0.717, 1.165) is 32.5 Å². The summed E-state index contributed by atoms with van der Waals surface area (Å²) in [6.45, 7) is 8.05. The topological polar surface area (TPSA) is 35.5 Å². The number of phenolic OH excluding ortho intramolecular Hbond substituents is 1. The van der Waals surface area contributed by atoms with E-state index in [9.17, 15) is 5.11 Å². The summed E-state index contributed by atoms with van der Waals surface area (Å²) in [6.07, 6.45) is 2.24. The Morgan fingerprint density at radius 2 is 1.92 bits per heavy atom. The Hall–Kier alpha value is -1.84. The lowest BCUT2D eigenvalue weighted by Gasteiger charge is -2.53. The number of rotatable bonds is 3. The van der Waals surface area contributed by atoms with Gasteiger partial charge >= 0.3 is 0 Å². The van der Waals surface area contributed by atoms with Crippen LogP contribution in [0, 0.1) is 5.92 Å². The Balaban J connectivity index is 1.46. The summed E-state index contributed by atoms with van der Waals surface area (Å²) >= 11 is 0. The molecular weight excluding hydrogens is 320 g/mol. The molecule has 0 saturated carbocycles. The van der Waals surface area contributed by atoms with Gasteiger partial charge in [-0.15, -0.1) is 0 Å². The van der Waals surface area contributed by atoms with Crippen LogP contribution >= 0.6 is 0 Å². The average Bonchev–Trinajstić information content (AvgIpc) is 2.64. The van der Waals surface area contributed by atoms with E-state index in [2.05, 4.69) is 60.5 Å². The molecule has 0 aromatic heterocycles. The minimum absolute atomic E-state index is 0.119. The zero-order valence-corrected chi connectivity index (χ0v) is 15.9. The van der Waals surface area contributed by atoms with Crippen molar-refractivity contribution in [1.29, 1.82) is 0 Å². The molecule has 2 aromatic carbocycles. The van der Waals surface area contributed by atoms with Crippen LogP contribution in [0.2, 0.25) is 0 Å². The van der Waals surface area contributed by atoms with E-state index in [-0.39, 0.29) is 5.41 Å². The van der Waals surface area contributed by atoms with Gasteiger partial charge in [0.05, 0.1) is 0 Å². The Kier molecular flexibility index (Phi) is 4.76. The van der Waals surface area contributed by atoms with Crippen LogP contribution in [0.25, 0.3) is 0 Å². The fraction of sp³-hybridized carbons (Fsp3) is 0.478. The molecule has 2 saturated heterocycles. The molecule has 4 atom stereocenters. The fourth-order valence-corrected chi connectivity index (χ4v) is 4.90. The number of hydrogen-bond acceptors (Lipinski definition) is 3. The fourth-order valence-electron chi connectivity index (χ4n) is 4.90. The second-order valence-electron chi connectivity index (χ2n) is 8.48. The summed E-state index contributed by atoms with van der Waals surface area (Å²) in [4.78, 5) is 2.69. The lowest BCUT2D eigenvalue weighted by atomic mass is 9.65. The van der Waals surface area contributed by atoms with Gasteiger partial charge in [-0.2, -0.15) is 0 Å². The van der Waals surface area contributed by atoms with E-state index in [1.165, 1.54) is 11.1 Å². The monoisotopic (exact) mass is 350 g/mol. The van der Waals surface area contributed by atoms with Crippen LogP contribution in [-0.2, 0) is 11.8 Å². The molecule has 0 amide bonds. The van der Waals surface area contributed by atoms with Gasteiger partial charge < -0.3 is 10.4 Å². The number of phenols is 1. The highest BCUT2D eigenvalue weighted by Crippen LogP contribution is 2.43. The number of nitrogens with zero attached hydrogens (tertiary/aromatic N) is 1. The lowest BCUT2D eigenvalue weighted by molar-refractivity contribution is 0.0245. The Labute approximate surface area is 157 Å². The molecule has 0 spiro atoms. The van der Waals surface area contributed by atoms with Crippen molar-refractivity contribution in [2.24, 2.45) is 5.92 Å². The number of piperazine rings is 1. The molecule has 2 aromatic rings. The van der Waals surface area contributed by atoms with Crippen molar-refractivity contribution >= 4 is 0 Å². The minimum Gasteiger partial charge on any atom is -0.508 e. The van der Waals surface area contributed by atoms with Gasteiger partial charge in [0.15, 0.2) is 0 Å². The number of hydrogen-bond donors (Lipinski definition) is 2. The third-order valence-corrected chi connectivity index (χ3v) is 6.70. The zero-order valence-electron chi connectivity index (χ0n) is 15.9. The van der Waals surface area contributed by atoms with Gasteiger partial charge in [-0.3, -0.25) is 4.90 Å². The summed E-state index contributed by atoms with van der Waals surface area (Å²) in [5, 5.41) is 13.7. The number of nitrogens with one attached hydrogen (secondary N) is 1. The molecule has 3 nitrogen and oxygen atoms in total. The summed E-state index contributed by atoms with van der Waals surface area (Å²) in [5.41, 5.74) is 2.81. The van der Waals surface area contributed by atoms with E-state index in [1.54, 1.807) is 6.07 Å². The maximum atomic E-state index is 9.93. The van der Waals surface area contributed by atoms with E-state index < -0.39 is 0 Å². The van der Waals surface area contributed by atoms with Gasteiger partial charge in [0.1, 0.15) is 5.75 Å². The van der Waals surface area contributed by atoms with Crippen LogP contribution in [0.15, 0.2) is 54.6 Å². The van der Waals surface area contributed by atoms with Gasteiger partial charge in [-0.05, 0) is 47.4 Å². The van der Waals surface area contributed by atoms with Crippen molar-refractivity contribution in [2.75, 3.05) is 19.6 Å². The maximum Gasteiger partial charge on any atom is 0.115 e. The van der Waals surface area contributed by atoms with E-state index >= 15 is 0 Å². The number of fused-ring (bicyclic) bond motifs is 1. The first-order valence-electron chi connectivity index (χ1n) is 9.85. The van der Waals surface area contributed by atoms with Crippen LogP contribution in [0.1, 0.15) is 31.4 Å². The molecule has 2 fully saturated rings. The molecule has 0 bridgehead atoms. The van der Waals surface area contributed by atoms with Crippen LogP contribution in [0.3, 0.4) is 0 Å². The number of piperidine rings is 1. The zero-order chi connectivity index (χ0) is 18.1.